The molecular weight excluding hydrogens is 354 g/mol. The largest absolute Gasteiger partial charge is 0.497 e. The Morgan fingerprint density at radius 2 is 2.11 bits per heavy atom. The van der Waals surface area contributed by atoms with Crippen molar-refractivity contribution in [2.24, 2.45) is 4.99 Å². The van der Waals surface area contributed by atoms with Crippen molar-refractivity contribution < 1.29 is 14.3 Å². The molecule has 0 radical (unpaired) electrons. The third-order valence-corrected chi connectivity index (χ3v) is 4.68. The van der Waals surface area contributed by atoms with E-state index < -0.39 is 0 Å². The smallest absolute Gasteiger partial charge is 0.258 e. The first-order chi connectivity index (χ1) is 13.5. The number of carbonyl (C=O) groups excluding carboxylic acids is 1. The van der Waals surface area contributed by atoms with Gasteiger partial charge in [0.1, 0.15) is 5.75 Å². The third kappa shape index (κ3) is 5.33. The zero-order valence-corrected chi connectivity index (χ0v) is 16.6. The summed E-state index contributed by atoms with van der Waals surface area (Å²) in [4.78, 5) is 17.3. The van der Waals surface area contributed by atoms with E-state index in [0.29, 0.717) is 23.8 Å². The summed E-state index contributed by atoms with van der Waals surface area (Å²) in [5.41, 5.74) is 3.68. The van der Waals surface area contributed by atoms with Gasteiger partial charge in [-0.1, -0.05) is 23.8 Å². The van der Waals surface area contributed by atoms with Gasteiger partial charge in [-0.05, 0) is 56.5 Å². The minimum absolute atomic E-state index is 0.102. The van der Waals surface area contributed by atoms with Gasteiger partial charge < -0.3 is 14.8 Å². The number of nitrogens with zero attached hydrogens (tertiary/aromatic N) is 1. The average molecular weight is 381 g/mol. The summed E-state index contributed by atoms with van der Waals surface area (Å²) in [5, 5.41) is 6.15. The minimum atomic E-state index is -0.248. The number of aryl methyl sites for hydroxylation is 2. The Bertz CT molecular complexity index is 858. The Labute approximate surface area is 166 Å². The molecular formula is C22H27N3O3. The Balaban J connectivity index is 1.78. The second-order valence-corrected chi connectivity index (χ2v) is 6.95. The second kappa shape index (κ2) is 9.37. The van der Waals surface area contributed by atoms with Crippen molar-refractivity contribution in [1.82, 2.24) is 5.32 Å². The van der Waals surface area contributed by atoms with Crippen molar-refractivity contribution in [2.45, 2.75) is 32.8 Å². The quantitative estimate of drug-likeness (QED) is 0.612. The van der Waals surface area contributed by atoms with Gasteiger partial charge in [0.25, 0.3) is 5.91 Å². The fourth-order valence-electron chi connectivity index (χ4n) is 3.12. The number of rotatable bonds is 5. The van der Waals surface area contributed by atoms with Crippen molar-refractivity contribution in [3.8, 4) is 5.75 Å². The average Bonchev–Trinajstić information content (AvgIpc) is 3.21. The van der Waals surface area contributed by atoms with E-state index in [1.54, 1.807) is 31.4 Å². The first-order valence-corrected chi connectivity index (χ1v) is 9.51. The summed E-state index contributed by atoms with van der Waals surface area (Å²) in [6.07, 6.45) is 2.14. The number of aliphatic imine (C=N–C) groups is 1. The Morgan fingerprint density at radius 3 is 2.82 bits per heavy atom. The first-order valence-electron chi connectivity index (χ1n) is 9.51. The molecule has 1 saturated heterocycles. The Morgan fingerprint density at radius 1 is 1.25 bits per heavy atom. The van der Waals surface area contributed by atoms with Crippen molar-refractivity contribution in [1.29, 1.82) is 0 Å². The number of benzene rings is 2. The fourth-order valence-corrected chi connectivity index (χ4v) is 3.12. The van der Waals surface area contributed by atoms with E-state index in [9.17, 15) is 4.79 Å². The van der Waals surface area contributed by atoms with E-state index >= 15 is 0 Å². The van der Waals surface area contributed by atoms with Crippen LogP contribution in [0.15, 0.2) is 47.5 Å². The maximum atomic E-state index is 12.7. The van der Waals surface area contributed by atoms with Crippen LogP contribution in [0.4, 0.5) is 5.69 Å². The molecule has 2 aromatic rings. The van der Waals surface area contributed by atoms with Gasteiger partial charge in [-0.3, -0.25) is 10.1 Å². The first kappa shape index (κ1) is 19.9. The minimum Gasteiger partial charge on any atom is -0.497 e. The molecule has 0 bridgehead atoms. The summed E-state index contributed by atoms with van der Waals surface area (Å²) in [7, 11) is 1.58. The molecule has 0 saturated carbocycles. The molecule has 1 aliphatic heterocycles. The predicted molar refractivity (Wildman–Crippen MR) is 111 cm³/mol. The maximum absolute atomic E-state index is 12.7. The highest BCUT2D eigenvalue weighted by Gasteiger charge is 2.16. The molecule has 1 amide bonds. The van der Waals surface area contributed by atoms with Crippen LogP contribution in [0.25, 0.3) is 0 Å². The highest BCUT2D eigenvalue weighted by molar-refractivity contribution is 6.10. The number of anilines is 1. The van der Waals surface area contributed by atoms with Gasteiger partial charge in [0.15, 0.2) is 0 Å². The van der Waals surface area contributed by atoms with Crippen LogP contribution in [-0.2, 0) is 4.74 Å². The molecule has 28 heavy (non-hydrogen) atoms. The van der Waals surface area contributed by atoms with Gasteiger partial charge in [-0.2, -0.15) is 0 Å². The van der Waals surface area contributed by atoms with Crippen molar-refractivity contribution in [3.05, 3.63) is 59.2 Å². The molecule has 2 aromatic carbocycles. The summed E-state index contributed by atoms with van der Waals surface area (Å²) in [5.74, 6) is 0.797. The Hall–Kier alpha value is -2.86. The van der Waals surface area contributed by atoms with Crippen molar-refractivity contribution in [2.75, 3.05) is 25.6 Å². The number of ether oxygens (including phenoxy) is 2. The van der Waals surface area contributed by atoms with Gasteiger partial charge >= 0.3 is 0 Å². The molecule has 1 heterocycles. The van der Waals surface area contributed by atoms with Crippen LogP contribution in [0.3, 0.4) is 0 Å². The van der Waals surface area contributed by atoms with Crippen LogP contribution >= 0.6 is 0 Å². The number of hydrogen-bond acceptors (Lipinski definition) is 4. The van der Waals surface area contributed by atoms with Crippen LogP contribution in [0, 0.1) is 13.8 Å². The predicted octanol–water partition coefficient (Wildman–Crippen LogP) is 3.69. The highest BCUT2D eigenvalue weighted by atomic mass is 16.5. The molecule has 0 spiro atoms. The van der Waals surface area contributed by atoms with Gasteiger partial charge in [-0.15, -0.1) is 0 Å². The lowest BCUT2D eigenvalue weighted by atomic mass is 10.1. The normalized spacial score (nSPS) is 16.7. The zero-order chi connectivity index (χ0) is 19.9. The van der Waals surface area contributed by atoms with Crippen LogP contribution in [0.1, 0.15) is 34.3 Å². The van der Waals surface area contributed by atoms with E-state index in [0.717, 1.165) is 30.7 Å². The zero-order valence-electron chi connectivity index (χ0n) is 16.6. The molecule has 1 atom stereocenters. The standard InChI is InChI=1S/C22H27N3O3/c1-15-9-10-20(16(2)12-15)24-22(23-14-19-8-5-11-28-19)25-21(26)17-6-4-7-18(13-17)27-3/h4,6-7,9-10,12-13,19H,5,8,11,14H2,1-3H3,(H2,23,24,25,26)/t19-/m0/s1. The molecule has 6 heteroatoms. The highest BCUT2D eigenvalue weighted by Crippen LogP contribution is 2.17. The van der Waals surface area contributed by atoms with Crippen LogP contribution in [0.5, 0.6) is 5.75 Å². The molecule has 1 aliphatic rings. The van der Waals surface area contributed by atoms with E-state index in [1.165, 1.54) is 5.56 Å². The summed E-state index contributed by atoms with van der Waals surface area (Å²) >= 11 is 0. The SMILES string of the molecule is COc1cccc(C(=O)NC(=NC[C@@H]2CCCO2)Nc2ccc(C)cc2C)c1. The topological polar surface area (TPSA) is 72.0 Å². The monoisotopic (exact) mass is 381 g/mol. The molecule has 6 nitrogen and oxygen atoms in total. The summed E-state index contributed by atoms with van der Waals surface area (Å²) < 4.78 is 10.9. The lowest BCUT2D eigenvalue weighted by Gasteiger charge is -2.15. The number of guanidine groups is 1. The van der Waals surface area contributed by atoms with Crippen molar-refractivity contribution in [3.63, 3.8) is 0 Å². The number of nitrogens with one attached hydrogen (secondary N) is 2. The molecule has 1 fully saturated rings. The van der Waals surface area contributed by atoms with Crippen LogP contribution in [-0.4, -0.2) is 38.2 Å². The molecule has 2 N–H and O–H groups in total. The van der Waals surface area contributed by atoms with Crippen LogP contribution < -0.4 is 15.4 Å². The number of methoxy groups -OCH3 is 1. The number of hydrogen-bond donors (Lipinski definition) is 2. The van der Waals surface area contributed by atoms with E-state index in [-0.39, 0.29) is 12.0 Å². The van der Waals surface area contributed by atoms with Gasteiger partial charge in [-0.25, -0.2) is 4.99 Å². The van der Waals surface area contributed by atoms with Gasteiger partial charge in [0.05, 0.1) is 19.8 Å². The summed E-state index contributed by atoms with van der Waals surface area (Å²) in [6.45, 7) is 5.35. The maximum Gasteiger partial charge on any atom is 0.258 e. The van der Waals surface area contributed by atoms with E-state index in [4.69, 9.17) is 9.47 Å². The Kier molecular flexibility index (Phi) is 6.66. The molecule has 3 rings (SSSR count). The molecule has 0 unspecified atom stereocenters. The van der Waals surface area contributed by atoms with Crippen LogP contribution in [0.2, 0.25) is 0 Å². The fraction of sp³-hybridized carbons (Fsp3) is 0.364. The lowest BCUT2D eigenvalue weighted by molar-refractivity contribution is 0.0975. The van der Waals surface area contributed by atoms with Gasteiger partial charge in [0.2, 0.25) is 5.96 Å². The van der Waals surface area contributed by atoms with E-state index in [1.807, 2.05) is 26.0 Å². The number of amides is 1. The number of carbonyl (C=O) groups is 1. The molecule has 0 aliphatic carbocycles. The second-order valence-electron chi connectivity index (χ2n) is 6.95. The summed E-state index contributed by atoms with van der Waals surface area (Å²) in [6, 6.07) is 13.1. The van der Waals surface area contributed by atoms with Gasteiger partial charge in [0, 0.05) is 17.9 Å². The third-order valence-electron chi connectivity index (χ3n) is 4.68. The van der Waals surface area contributed by atoms with E-state index in [2.05, 4.69) is 21.7 Å². The molecule has 0 aromatic heterocycles. The van der Waals surface area contributed by atoms with Crippen molar-refractivity contribution >= 4 is 17.6 Å². The lowest BCUT2D eigenvalue weighted by Crippen LogP contribution is -2.37. The molecule has 148 valence electrons.